The van der Waals surface area contributed by atoms with E-state index in [-0.39, 0.29) is 36.6 Å². The minimum atomic E-state index is -0.347. The molecule has 3 amide bonds. The highest BCUT2D eigenvalue weighted by molar-refractivity contribution is 6.07. The number of carbonyl (C=O) groups is 3. The Morgan fingerprint density at radius 3 is 2.17 bits per heavy atom. The molecule has 2 fully saturated rings. The minimum Gasteiger partial charge on any atom is -0.493 e. The van der Waals surface area contributed by atoms with Crippen LogP contribution in [0.3, 0.4) is 0 Å². The molecular weight excluding hydrogens is 590 g/mol. The van der Waals surface area contributed by atoms with Gasteiger partial charge in [0.2, 0.25) is 6.79 Å². The third-order valence-corrected chi connectivity index (χ3v) is 8.79. The third-order valence-electron chi connectivity index (χ3n) is 8.79. The summed E-state index contributed by atoms with van der Waals surface area (Å²) in [6.07, 6.45) is 3.43. The van der Waals surface area contributed by atoms with Crippen molar-refractivity contribution in [1.29, 1.82) is 0 Å². The lowest BCUT2D eigenvalue weighted by Gasteiger charge is -2.37. The van der Waals surface area contributed by atoms with Crippen LogP contribution < -0.4 is 40.2 Å². The second kappa shape index (κ2) is 13.6. The number of piperazine rings is 1. The first kappa shape index (κ1) is 31.0. The summed E-state index contributed by atoms with van der Waals surface area (Å²) in [6.45, 7) is 2.10. The molecule has 0 spiro atoms. The first-order valence-corrected chi connectivity index (χ1v) is 15.5. The van der Waals surface area contributed by atoms with Gasteiger partial charge in [0.25, 0.3) is 17.7 Å². The van der Waals surface area contributed by atoms with Crippen LogP contribution in [0.15, 0.2) is 54.6 Å². The lowest BCUT2D eigenvalue weighted by atomic mass is 9.91. The van der Waals surface area contributed by atoms with Gasteiger partial charge in [-0.1, -0.05) is 0 Å². The van der Waals surface area contributed by atoms with Gasteiger partial charge < -0.3 is 45.1 Å². The standard InChI is InChI=1S/C34H39N5O7/c1-43-28-11-5-23(19-30(28)44-2)34(42)39-15-13-38(14-16-39)27-10-3-21(32(40)36-25-8-6-24(35)7-9-25)17-26(27)37-33(41)22-4-12-29-31(18-22)46-20-45-29/h3-5,10-12,17-19,24-25H,6-9,13-16,20,35H2,1-2H3,(H,36,40)(H,37,41). The van der Waals surface area contributed by atoms with Crippen molar-refractivity contribution < 1.29 is 33.3 Å². The SMILES string of the molecule is COc1ccc(C(=O)N2CCN(c3ccc(C(=O)NC4CCC(N)CC4)cc3NC(=O)c3ccc4c(c3)OCO4)CC2)cc1OC. The molecule has 12 nitrogen and oxygen atoms in total. The van der Waals surface area contributed by atoms with Crippen LogP contribution in [0.25, 0.3) is 0 Å². The van der Waals surface area contributed by atoms with E-state index in [2.05, 4.69) is 15.5 Å². The van der Waals surface area contributed by atoms with Crippen molar-refractivity contribution in [3.63, 3.8) is 0 Å². The van der Waals surface area contributed by atoms with Gasteiger partial charge in [-0.25, -0.2) is 0 Å². The molecule has 1 aliphatic carbocycles. The van der Waals surface area contributed by atoms with E-state index in [1.54, 1.807) is 60.5 Å². The van der Waals surface area contributed by atoms with Gasteiger partial charge in [-0.2, -0.15) is 0 Å². The van der Waals surface area contributed by atoms with Crippen LogP contribution in [0.1, 0.15) is 56.8 Å². The highest BCUT2D eigenvalue weighted by atomic mass is 16.7. The second-order valence-electron chi connectivity index (χ2n) is 11.7. The smallest absolute Gasteiger partial charge is 0.255 e. The number of anilines is 2. The van der Waals surface area contributed by atoms with Crippen LogP contribution in [0.5, 0.6) is 23.0 Å². The van der Waals surface area contributed by atoms with E-state index in [4.69, 9.17) is 24.7 Å². The van der Waals surface area contributed by atoms with Gasteiger partial charge in [-0.3, -0.25) is 14.4 Å². The second-order valence-corrected chi connectivity index (χ2v) is 11.7. The van der Waals surface area contributed by atoms with E-state index in [1.165, 1.54) is 7.11 Å². The molecule has 1 saturated heterocycles. The molecule has 4 N–H and O–H groups in total. The molecule has 0 radical (unpaired) electrons. The number of ether oxygens (including phenoxy) is 4. The number of fused-ring (bicyclic) bond motifs is 1. The number of carbonyl (C=O) groups excluding carboxylic acids is 3. The molecule has 0 unspecified atom stereocenters. The Labute approximate surface area is 267 Å². The molecule has 2 heterocycles. The van der Waals surface area contributed by atoms with Crippen LogP contribution in [0, 0.1) is 0 Å². The molecule has 242 valence electrons. The zero-order valence-electron chi connectivity index (χ0n) is 26.0. The zero-order valence-corrected chi connectivity index (χ0v) is 26.0. The largest absolute Gasteiger partial charge is 0.493 e. The van der Waals surface area contributed by atoms with E-state index in [1.807, 2.05) is 6.07 Å². The molecule has 3 aromatic rings. The van der Waals surface area contributed by atoms with Gasteiger partial charge in [-0.15, -0.1) is 0 Å². The van der Waals surface area contributed by atoms with E-state index < -0.39 is 0 Å². The van der Waals surface area contributed by atoms with E-state index >= 15 is 0 Å². The first-order valence-electron chi connectivity index (χ1n) is 15.5. The number of benzene rings is 3. The van der Waals surface area contributed by atoms with E-state index in [0.717, 1.165) is 31.4 Å². The molecule has 46 heavy (non-hydrogen) atoms. The number of nitrogens with two attached hydrogens (primary N) is 1. The Morgan fingerprint density at radius 1 is 0.761 bits per heavy atom. The van der Waals surface area contributed by atoms with Gasteiger partial charge in [-0.05, 0) is 80.3 Å². The third kappa shape index (κ3) is 6.66. The predicted molar refractivity (Wildman–Crippen MR) is 172 cm³/mol. The van der Waals surface area contributed by atoms with Crippen molar-refractivity contribution in [3.8, 4) is 23.0 Å². The fourth-order valence-electron chi connectivity index (χ4n) is 6.12. The summed E-state index contributed by atoms with van der Waals surface area (Å²) in [5.74, 6) is 1.48. The van der Waals surface area contributed by atoms with Crippen molar-refractivity contribution in [3.05, 3.63) is 71.3 Å². The summed E-state index contributed by atoms with van der Waals surface area (Å²) in [7, 11) is 3.09. The fraction of sp³-hybridized carbons (Fsp3) is 0.382. The predicted octanol–water partition coefficient (Wildman–Crippen LogP) is 3.65. The lowest BCUT2D eigenvalue weighted by Crippen LogP contribution is -2.49. The van der Waals surface area contributed by atoms with Crippen molar-refractivity contribution in [2.24, 2.45) is 5.73 Å². The molecule has 3 aromatic carbocycles. The van der Waals surface area contributed by atoms with Gasteiger partial charge in [0.05, 0.1) is 25.6 Å². The van der Waals surface area contributed by atoms with Crippen molar-refractivity contribution in [1.82, 2.24) is 10.2 Å². The number of amides is 3. The maximum atomic E-state index is 13.5. The zero-order chi connectivity index (χ0) is 32.2. The monoisotopic (exact) mass is 629 g/mol. The van der Waals surface area contributed by atoms with Gasteiger partial charge >= 0.3 is 0 Å². The number of nitrogens with zero attached hydrogens (tertiary/aromatic N) is 2. The minimum absolute atomic E-state index is 0.0648. The highest BCUT2D eigenvalue weighted by Gasteiger charge is 2.27. The maximum Gasteiger partial charge on any atom is 0.255 e. The van der Waals surface area contributed by atoms with Crippen LogP contribution in [-0.2, 0) is 0 Å². The Morgan fingerprint density at radius 2 is 1.43 bits per heavy atom. The summed E-state index contributed by atoms with van der Waals surface area (Å²) in [5, 5.41) is 6.16. The summed E-state index contributed by atoms with van der Waals surface area (Å²) in [5.41, 5.74) is 8.66. The van der Waals surface area contributed by atoms with Gasteiger partial charge in [0.1, 0.15) is 0 Å². The number of hydrogen-bond donors (Lipinski definition) is 3. The molecule has 3 aliphatic rings. The van der Waals surface area contributed by atoms with E-state index in [0.29, 0.717) is 71.6 Å². The van der Waals surface area contributed by atoms with Gasteiger partial charge in [0.15, 0.2) is 23.0 Å². The number of hydrogen-bond acceptors (Lipinski definition) is 9. The molecule has 0 bridgehead atoms. The summed E-state index contributed by atoms with van der Waals surface area (Å²) in [6, 6.07) is 15.7. The highest BCUT2D eigenvalue weighted by Crippen LogP contribution is 2.34. The summed E-state index contributed by atoms with van der Waals surface area (Å²) in [4.78, 5) is 44.0. The molecule has 6 rings (SSSR count). The molecular formula is C34H39N5O7. The Bertz CT molecular complexity index is 1610. The van der Waals surface area contributed by atoms with Crippen LogP contribution in [-0.4, -0.2) is 81.9 Å². The normalized spacial score (nSPS) is 18.9. The van der Waals surface area contributed by atoms with Crippen LogP contribution >= 0.6 is 0 Å². The quantitative estimate of drug-likeness (QED) is 0.340. The van der Waals surface area contributed by atoms with Crippen LogP contribution in [0.4, 0.5) is 11.4 Å². The number of nitrogens with one attached hydrogen (secondary N) is 2. The van der Waals surface area contributed by atoms with E-state index in [9.17, 15) is 14.4 Å². The maximum absolute atomic E-state index is 13.5. The topological polar surface area (TPSA) is 145 Å². The van der Waals surface area contributed by atoms with Crippen molar-refractivity contribution in [2.75, 3.05) is 57.4 Å². The number of rotatable bonds is 8. The first-order chi connectivity index (χ1) is 22.3. The average Bonchev–Trinajstić information content (AvgIpc) is 3.57. The molecule has 0 atom stereocenters. The fourth-order valence-corrected chi connectivity index (χ4v) is 6.12. The Kier molecular flexibility index (Phi) is 9.16. The molecule has 0 aromatic heterocycles. The van der Waals surface area contributed by atoms with Crippen molar-refractivity contribution >= 4 is 29.1 Å². The lowest BCUT2D eigenvalue weighted by molar-refractivity contribution is 0.0746. The Hall–Kier alpha value is -4.97. The Balaban J connectivity index is 1.20. The molecule has 2 aliphatic heterocycles. The van der Waals surface area contributed by atoms with Crippen LogP contribution in [0.2, 0.25) is 0 Å². The van der Waals surface area contributed by atoms with Crippen molar-refractivity contribution in [2.45, 2.75) is 37.8 Å². The summed E-state index contributed by atoms with van der Waals surface area (Å²) >= 11 is 0. The van der Waals surface area contributed by atoms with Gasteiger partial charge in [0, 0.05) is 55.0 Å². The molecule has 12 heteroatoms. The molecule has 1 saturated carbocycles. The average molecular weight is 630 g/mol. The number of methoxy groups -OCH3 is 2. The summed E-state index contributed by atoms with van der Waals surface area (Å²) < 4.78 is 21.5.